The van der Waals surface area contributed by atoms with E-state index in [1.54, 1.807) is 0 Å². The molecule has 0 aromatic carbocycles. The van der Waals surface area contributed by atoms with Crippen molar-refractivity contribution in [2.45, 2.75) is 104 Å². The Bertz CT molecular complexity index is 161. The summed E-state index contributed by atoms with van der Waals surface area (Å²) in [4.78, 5) is 0. The average molecular weight is 292 g/mol. The number of rotatable bonds is 13. The molecule has 2 heteroatoms. The lowest BCUT2D eigenvalue weighted by atomic mass is 9.86. The Morgan fingerprint density at radius 2 is 1.11 bits per heavy atom. The molecule has 118 valence electrons. The van der Waals surface area contributed by atoms with Gasteiger partial charge >= 0.3 is 0 Å². The van der Waals surface area contributed by atoms with E-state index in [1.807, 2.05) is 0 Å². The highest BCUT2D eigenvalue weighted by atomic mass is 35.5. The summed E-state index contributed by atoms with van der Waals surface area (Å²) in [6, 6.07) is 0.462. The summed E-state index contributed by atoms with van der Waals surface area (Å²) in [6.45, 7) is 6.83. The van der Waals surface area contributed by atoms with Crippen LogP contribution in [0.2, 0.25) is 0 Å². The van der Waals surface area contributed by atoms with Crippen molar-refractivity contribution >= 4 is 12.4 Å². The molecule has 2 atom stereocenters. The number of hydrogen-bond donors (Lipinski definition) is 1. The lowest BCUT2D eigenvalue weighted by Gasteiger charge is -2.24. The second-order valence-electron chi connectivity index (χ2n) is 5.91. The first-order chi connectivity index (χ1) is 8.76. The van der Waals surface area contributed by atoms with Gasteiger partial charge in [0, 0.05) is 6.04 Å². The van der Waals surface area contributed by atoms with Crippen molar-refractivity contribution in [1.29, 1.82) is 0 Å². The Hall–Kier alpha value is 0.250. The third-order valence-electron chi connectivity index (χ3n) is 4.10. The second-order valence-corrected chi connectivity index (χ2v) is 5.91. The van der Waals surface area contributed by atoms with Crippen LogP contribution < -0.4 is 5.73 Å². The molecule has 0 aromatic heterocycles. The van der Waals surface area contributed by atoms with Gasteiger partial charge < -0.3 is 5.73 Å². The summed E-state index contributed by atoms with van der Waals surface area (Å²) in [6.07, 6.45) is 16.2. The first-order valence-corrected chi connectivity index (χ1v) is 8.51. The van der Waals surface area contributed by atoms with Crippen LogP contribution >= 0.6 is 12.4 Å². The lowest BCUT2D eigenvalue weighted by Crippen LogP contribution is -2.30. The van der Waals surface area contributed by atoms with Crippen molar-refractivity contribution < 1.29 is 0 Å². The molecule has 19 heavy (non-hydrogen) atoms. The molecule has 2 unspecified atom stereocenters. The van der Waals surface area contributed by atoms with E-state index in [-0.39, 0.29) is 12.4 Å². The van der Waals surface area contributed by atoms with Crippen molar-refractivity contribution in [1.82, 2.24) is 0 Å². The highest BCUT2D eigenvalue weighted by molar-refractivity contribution is 5.85. The zero-order valence-corrected chi connectivity index (χ0v) is 14.4. The van der Waals surface area contributed by atoms with Gasteiger partial charge in [-0.25, -0.2) is 0 Å². The van der Waals surface area contributed by atoms with Gasteiger partial charge in [0.2, 0.25) is 0 Å². The highest BCUT2D eigenvalue weighted by Crippen LogP contribution is 2.23. The molecule has 0 aliphatic carbocycles. The van der Waals surface area contributed by atoms with Crippen LogP contribution in [0.5, 0.6) is 0 Å². The topological polar surface area (TPSA) is 26.0 Å². The van der Waals surface area contributed by atoms with Crippen LogP contribution in [0.25, 0.3) is 0 Å². The number of halogens is 1. The monoisotopic (exact) mass is 291 g/mol. The first-order valence-electron chi connectivity index (χ1n) is 8.51. The van der Waals surface area contributed by atoms with E-state index in [2.05, 4.69) is 20.8 Å². The van der Waals surface area contributed by atoms with E-state index in [4.69, 9.17) is 5.73 Å². The normalized spacial score (nSPS) is 13.9. The van der Waals surface area contributed by atoms with Gasteiger partial charge in [-0.1, -0.05) is 78.6 Å². The SMILES string of the molecule is CCCCCCC(CCCCC)C(N)CCCC.Cl. The summed E-state index contributed by atoms with van der Waals surface area (Å²) in [5.41, 5.74) is 6.40. The molecular weight excluding hydrogens is 254 g/mol. The molecule has 1 nitrogen and oxygen atoms in total. The first kappa shape index (κ1) is 21.5. The van der Waals surface area contributed by atoms with E-state index >= 15 is 0 Å². The fourth-order valence-electron chi connectivity index (χ4n) is 2.74. The molecule has 0 aliphatic heterocycles. The minimum atomic E-state index is 0. The Labute approximate surface area is 128 Å². The van der Waals surface area contributed by atoms with Gasteiger partial charge in [0.25, 0.3) is 0 Å². The van der Waals surface area contributed by atoms with Crippen molar-refractivity contribution in [3.8, 4) is 0 Å². The second kappa shape index (κ2) is 16.3. The molecule has 0 saturated heterocycles. The van der Waals surface area contributed by atoms with Gasteiger partial charge in [-0.3, -0.25) is 0 Å². The zero-order chi connectivity index (χ0) is 13.6. The van der Waals surface area contributed by atoms with E-state index in [9.17, 15) is 0 Å². The third kappa shape index (κ3) is 13.0. The maximum Gasteiger partial charge on any atom is 0.00671 e. The molecule has 0 amide bonds. The summed E-state index contributed by atoms with van der Waals surface area (Å²) in [5, 5.41) is 0. The minimum absolute atomic E-state index is 0. The van der Waals surface area contributed by atoms with Crippen LogP contribution in [0.1, 0.15) is 97.8 Å². The van der Waals surface area contributed by atoms with Crippen molar-refractivity contribution in [3.05, 3.63) is 0 Å². The molecule has 0 rings (SSSR count). The van der Waals surface area contributed by atoms with Crippen LogP contribution in [-0.4, -0.2) is 6.04 Å². The molecule has 0 fully saturated rings. The summed E-state index contributed by atoms with van der Waals surface area (Å²) in [7, 11) is 0. The van der Waals surface area contributed by atoms with E-state index in [1.165, 1.54) is 77.0 Å². The third-order valence-corrected chi connectivity index (χ3v) is 4.10. The highest BCUT2D eigenvalue weighted by Gasteiger charge is 2.16. The maximum absolute atomic E-state index is 6.40. The van der Waals surface area contributed by atoms with Gasteiger partial charge in [-0.2, -0.15) is 0 Å². The predicted octanol–water partition coefficient (Wildman–Crippen LogP) is 6.09. The van der Waals surface area contributed by atoms with Crippen LogP contribution in [0, 0.1) is 5.92 Å². The summed E-state index contributed by atoms with van der Waals surface area (Å²) < 4.78 is 0. The average Bonchev–Trinajstić information content (AvgIpc) is 2.39. The van der Waals surface area contributed by atoms with Crippen LogP contribution in [0.15, 0.2) is 0 Å². The quantitative estimate of drug-likeness (QED) is 0.408. The molecule has 0 aliphatic rings. The minimum Gasteiger partial charge on any atom is -0.327 e. The van der Waals surface area contributed by atoms with Gasteiger partial charge in [0.1, 0.15) is 0 Å². The molecule has 0 radical (unpaired) electrons. The maximum atomic E-state index is 6.40. The number of unbranched alkanes of at least 4 members (excludes halogenated alkanes) is 6. The van der Waals surface area contributed by atoms with Crippen molar-refractivity contribution in [3.63, 3.8) is 0 Å². The smallest absolute Gasteiger partial charge is 0.00671 e. The van der Waals surface area contributed by atoms with E-state index in [0.29, 0.717) is 6.04 Å². The van der Waals surface area contributed by atoms with Crippen molar-refractivity contribution in [2.24, 2.45) is 11.7 Å². The Morgan fingerprint density at radius 1 is 0.632 bits per heavy atom. The molecule has 0 heterocycles. The summed E-state index contributed by atoms with van der Waals surface area (Å²) in [5.74, 6) is 0.792. The lowest BCUT2D eigenvalue weighted by molar-refractivity contribution is 0.325. The fraction of sp³-hybridized carbons (Fsp3) is 1.00. The predicted molar refractivity (Wildman–Crippen MR) is 91.1 cm³/mol. The summed E-state index contributed by atoms with van der Waals surface area (Å²) >= 11 is 0. The van der Waals surface area contributed by atoms with Gasteiger partial charge in [0.05, 0.1) is 0 Å². The molecule has 0 aromatic rings. The zero-order valence-electron chi connectivity index (χ0n) is 13.6. The molecule has 0 bridgehead atoms. The molecular formula is C17H38ClN. The Kier molecular flexibility index (Phi) is 18.5. The standard InChI is InChI=1S/C17H37N.ClH/c1-4-7-10-12-14-16(13-11-8-5-2)17(18)15-9-6-3;/h16-17H,4-15,18H2,1-3H3;1H. The Morgan fingerprint density at radius 3 is 1.63 bits per heavy atom. The van der Waals surface area contributed by atoms with E-state index in [0.717, 1.165) is 5.92 Å². The molecule has 2 N–H and O–H groups in total. The number of nitrogens with two attached hydrogens (primary N) is 1. The van der Waals surface area contributed by atoms with E-state index < -0.39 is 0 Å². The Balaban J connectivity index is 0. The largest absolute Gasteiger partial charge is 0.327 e. The van der Waals surface area contributed by atoms with Gasteiger partial charge in [-0.15, -0.1) is 12.4 Å². The fourth-order valence-corrected chi connectivity index (χ4v) is 2.74. The van der Waals surface area contributed by atoms with Crippen LogP contribution in [-0.2, 0) is 0 Å². The van der Waals surface area contributed by atoms with Crippen molar-refractivity contribution in [2.75, 3.05) is 0 Å². The molecule has 0 spiro atoms. The van der Waals surface area contributed by atoms with Gasteiger partial charge in [0.15, 0.2) is 0 Å². The van der Waals surface area contributed by atoms with Crippen LogP contribution in [0.4, 0.5) is 0 Å². The molecule has 0 saturated carbocycles. The number of hydrogen-bond acceptors (Lipinski definition) is 1. The van der Waals surface area contributed by atoms with Gasteiger partial charge in [-0.05, 0) is 25.2 Å². The van der Waals surface area contributed by atoms with Crippen LogP contribution in [0.3, 0.4) is 0 Å².